The van der Waals surface area contributed by atoms with Crippen molar-refractivity contribution in [2.75, 3.05) is 28.2 Å². The van der Waals surface area contributed by atoms with Gasteiger partial charge in [-0.25, -0.2) is 4.98 Å². The topological polar surface area (TPSA) is 66.9 Å². The molecule has 6 rings (SSSR count). The summed E-state index contributed by atoms with van der Waals surface area (Å²) in [7, 11) is 0. The highest BCUT2D eigenvalue weighted by Gasteiger charge is 2.36. The fourth-order valence-corrected chi connectivity index (χ4v) is 6.28. The van der Waals surface area contributed by atoms with Crippen LogP contribution in [0.4, 0.5) is 22.9 Å². The van der Waals surface area contributed by atoms with Crippen LogP contribution in [-0.4, -0.2) is 47.9 Å². The number of hydrogen-bond acceptors (Lipinski definition) is 6. The fraction of sp³-hybridized carbons (Fsp3) is 0.586. The molecule has 2 bridgehead atoms. The molecule has 3 aliphatic heterocycles. The highest BCUT2D eigenvalue weighted by molar-refractivity contribution is 6.00. The molecule has 3 fully saturated rings. The summed E-state index contributed by atoms with van der Waals surface area (Å²) in [6.45, 7) is 8.67. The third-order valence-corrected chi connectivity index (χ3v) is 7.96. The van der Waals surface area contributed by atoms with Gasteiger partial charge in [-0.2, -0.15) is 0 Å². The molecule has 7 nitrogen and oxygen atoms in total. The summed E-state index contributed by atoms with van der Waals surface area (Å²) in [6, 6.07) is 10.5. The van der Waals surface area contributed by atoms with Crippen LogP contribution in [0.1, 0.15) is 64.9 Å². The van der Waals surface area contributed by atoms with E-state index >= 15 is 0 Å². The van der Waals surface area contributed by atoms with E-state index in [-0.39, 0.29) is 23.5 Å². The molecule has 1 aromatic carbocycles. The number of hydrogen-bond donors (Lipinski definition) is 1. The van der Waals surface area contributed by atoms with Gasteiger partial charge in [-0.1, -0.05) is 6.07 Å². The maximum absolute atomic E-state index is 14.1. The summed E-state index contributed by atoms with van der Waals surface area (Å²) in [6.07, 6.45) is 8.55. The lowest BCUT2D eigenvalue weighted by Gasteiger charge is -2.36. The largest absolute Gasteiger partial charge is 0.373 e. The quantitative estimate of drug-likeness (QED) is 0.620. The molecule has 2 aromatic rings. The Morgan fingerprint density at radius 1 is 1.06 bits per heavy atom. The van der Waals surface area contributed by atoms with Crippen molar-refractivity contribution in [2.45, 2.75) is 89.8 Å². The Morgan fingerprint density at radius 2 is 1.81 bits per heavy atom. The van der Waals surface area contributed by atoms with Gasteiger partial charge in [0.15, 0.2) is 0 Å². The molecule has 1 N–H and O–H groups in total. The molecule has 1 aliphatic carbocycles. The van der Waals surface area contributed by atoms with Crippen molar-refractivity contribution in [1.82, 2.24) is 4.98 Å². The van der Waals surface area contributed by atoms with E-state index in [1.165, 1.54) is 0 Å². The number of carbonyl (C=O) groups excluding carboxylic acids is 1. The third-order valence-electron chi connectivity index (χ3n) is 7.96. The van der Waals surface area contributed by atoms with Crippen molar-refractivity contribution in [2.24, 2.45) is 5.92 Å². The number of ether oxygens (including phenoxy) is 2. The van der Waals surface area contributed by atoms with Crippen molar-refractivity contribution in [3.05, 3.63) is 42.1 Å². The molecular formula is C29H38N4O3. The van der Waals surface area contributed by atoms with E-state index in [4.69, 9.17) is 9.47 Å². The maximum atomic E-state index is 14.1. The molecule has 36 heavy (non-hydrogen) atoms. The number of pyridine rings is 1. The predicted molar refractivity (Wildman–Crippen MR) is 142 cm³/mol. The SMILES string of the molecule is CC(C)(C)OC1CCC(C(=O)N2Cc3cccnc3Nc3ccc(N4CC5CCC(C4)O5)cc32)CC1. The first-order chi connectivity index (χ1) is 17.3. The molecule has 1 amide bonds. The van der Waals surface area contributed by atoms with Gasteiger partial charge in [0.1, 0.15) is 5.82 Å². The van der Waals surface area contributed by atoms with Gasteiger partial charge in [0.05, 0.1) is 41.8 Å². The zero-order chi connectivity index (χ0) is 24.9. The number of nitrogens with one attached hydrogen (secondary N) is 1. The number of rotatable bonds is 3. The van der Waals surface area contributed by atoms with Crippen molar-refractivity contribution >= 4 is 28.8 Å². The summed E-state index contributed by atoms with van der Waals surface area (Å²) in [5.74, 6) is 1.05. The first-order valence-electron chi connectivity index (χ1n) is 13.6. The first-order valence-corrected chi connectivity index (χ1v) is 13.6. The molecule has 1 aromatic heterocycles. The average molecular weight is 491 g/mol. The van der Waals surface area contributed by atoms with Crippen LogP contribution in [0.2, 0.25) is 0 Å². The number of carbonyl (C=O) groups is 1. The van der Waals surface area contributed by atoms with E-state index in [1.54, 1.807) is 6.20 Å². The van der Waals surface area contributed by atoms with Gasteiger partial charge in [0.25, 0.3) is 0 Å². The Kier molecular flexibility index (Phi) is 6.16. The number of amides is 1. The third kappa shape index (κ3) is 4.83. The van der Waals surface area contributed by atoms with Crippen molar-refractivity contribution in [3.8, 4) is 0 Å². The highest BCUT2D eigenvalue weighted by atomic mass is 16.5. The fourth-order valence-electron chi connectivity index (χ4n) is 6.28. The summed E-state index contributed by atoms with van der Waals surface area (Å²) < 4.78 is 12.3. The van der Waals surface area contributed by atoms with Crippen molar-refractivity contribution in [3.63, 3.8) is 0 Å². The predicted octanol–water partition coefficient (Wildman–Crippen LogP) is 5.41. The minimum Gasteiger partial charge on any atom is -0.373 e. The van der Waals surface area contributed by atoms with Gasteiger partial charge >= 0.3 is 0 Å². The lowest BCUT2D eigenvalue weighted by atomic mass is 9.86. The smallest absolute Gasteiger partial charge is 0.230 e. The van der Waals surface area contributed by atoms with Crippen molar-refractivity contribution in [1.29, 1.82) is 0 Å². The van der Waals surface area contributed by atoms with E-state index in [0.29, 0.717) is 18.8 Å². The summed E-state index contributed by atoms with van der Waals surface area (Å²) >= 11 is 0. The Hall–Kier alpha value is -2.64. The number of fused-ring (bicyclic) bond motifs is 4. The van der Waals surface area contributed by atoms with E-state index in [0.717, 1.165) is 80.1 Å². The standard InChI is InChI=1S/C29H38N4O3/c1-29(2,3)36-22-9-6-19(7-10-22)28(34)33-16-20-5-4-14-30-27(20)31-25-13-8-21(15-26(25)33)32-17-23-11-12-24(18-32)35-23/h4-5,8,13-15,19,22-24H,6-7,9-12,16-18H2,1-3H3,(H,30,31). The van der Waals surface area contributed by atoms with Crippen LogP contribution in [0.25, 0.3) is 0 Å². The van der Waals surface area contributed by atoms with Crippen molar-refractivity contribution < 1.29 is 14.3 Å². The molecule has 7 heteroatoms. The Morgan fingerprint density at radius 3 is 2.53 bits per heavy atom. The molecule has 2 atom stereocenters. The molecule has 2 saturated heterocycles. The number of benzene rings is 1. The molecule has 192 valence electrons. The number of morpholine rings is 1. The second-order valence-corrected chi connectivity index (χ2v) is 11.8. The Balaban J connectivity index is 1.28. The van der Waals surface area contributed by atoms with Crippen LogP contribution in [-0.2, 0) is 20.8 Å². The zero-order valence-corrected chi connectivity index (χ0v) is 21.7. The van der Waals surface area contributed by atoms with Gasteiger partial charge in [0, 0.05) is 36.5 Å². The molecule has 1 saturated carbocycles. The molecule has 0 spiro atoms. The van der Waals surface area contributed by atoms with E-state index in [9.17, 15) is 4.79 Å². The highest BCUT2D eigenvalue weighted by Crippen LogP contribution is 2.41. The first kappa shape index (κ1) is 23.7. The Bertz CT molecular complexity index is 1110. The summed E-state index contributed by atoms with van der Waals surface area (Å²) in [5.41, 5.74) is 3.93. The minimum atomic E-state index is -0.150. The van der Waals surface area contributed by atoms with E-state index in [2.05, 4.69) is 60.2 Å². The average Bonchev–Trinajstić information content (AvgIpc) is 3.10. The van der Waals surface area contributed by atoms with Gasteiger partial charge in [-0.05, 0) is 83.6 Å². The number of nitrogens with zero attached hydrogens (tertiary/aromatic N) is 3. The Labute approximate surface area is 214 Å². The zero-order valence-electron chi connectivity index (χ0n) is 21.7. The molecule has 4 aliphatic rings. The normalized spacial score (nSPS) is 27.6. The van der Waals surface area contributed by atoms with E-state index in [1.807, 2.05) is 11.0 Å². The van der Waals surface area contributed by atoms with Gasteiger partial charge in [-0.3, -0.25) is 4.79 Å². The van der Waals surface area contributed by atoms with Crippen LogP contribution in [0.3, 0.4) is 0 Å². The van der Waals surface area contributed by atoms with Crippen LogP contribution in [0.5, 0.6) is 0 Å². The second kappa shape index (κ2) is 9.34. The molecule has 2 unspecified atom stereocenters. The monoisotopic (exact) mass is 490 g/mol. The van der Waals surface area contributed by atoms with Gasteiger partial charge < -0.3 is 24.6 Å². The lowest BCUT2D eigenvalue weighted by Crippen LogP contribution is -2.43. The molecule has 4 heterocycles. The van der Waals surface area contributed by atoms with Crippen LogP contribution < -0.4 is 15.1 Å². The minimum absolute atomic E-state index is 0.0128. The number of aromatic nitrogens is 1. The van der Waals surface area contributed by atoms with Gasteiger partial charge in [-0.15, -0.1) is 0 Å². The van der Waals surface area contributed by atoms with Crippen LogP contribution in [0, 0.1) is 5.92 Å². The summed E-state index contributed by atoms with van der Waals surface area (Å²) in [4.78, 5) is 23.1. The van der Waals surface area contributed by atoms with E-state index < -0.39 is 0 Å². The van der Waals surface area contributed by atoms with Gasteiger partial charge in [0.2, 0.25) is 5.91 Å². The summed E-state index contributed by atoms with van der Waals surface area (Å²) in [5, 5.41) is 3.52. The molecule has 0 radical (unpaired) electrons. The maximum Gasteiger partial charge on any atom is 0.230 e. The number of anilines is 4. The second-order valence-electron chi connectivity index (χ2n) is 11.8. The molecular weight excluding hydrogens is 452 g/mol. The van der Waals surface area contributed by atoms with Crippen LogP contribution in [0.15, 0.2) is 36.5 Å². The lowest BCUT2D eigenvalue weighted by molar-refractivity contribution is -0.126. The van der Waals surface area contributed by atoms with Crippen LogP contribution >= 0.6 is 0 Å².